The lowest BCUT2D eigenvalue weighted by Crippen LogP contribution is -2.19. The van der Waals surface area contributed by atoms with E-state index in [2.05, 4.69) is 0 Å². The van der Waals surface area contributed by atoms with Crippen molar-refractivity contribution in [3.8, 4) is 0 Å². The third-order valence-electron chi connectivity index (χ3n) is 2.84. The van der Waals surface area contributed by atoms with E-state index in [0.717, 1.165) is 10.5 Å². The van der Waals surface area contributed by atoms with Gasteiger partial charge in [0.2, 0.25) is 0 Å². The third kappa shape index (κ3) is 4.14. The fourth-order valence-corrected chi connectivity index (χ4v) is 2.79. The number of aliphatic carboxylic acids is 1. The van der Waals surface area contributed by atoms with Gasteiger partial charge in [-0.15, -0.1) is 11.8 Å². The molecule has 0 amide bonds. The summed E-state index contributed by atoms with van der Waals surface area (Å²) >= 11 is 1.40. The molecule has 0 fully saturated rings. The molecule has 0 aliphatic carbocycles. The Hall–Kier alpha value is -1.74. The molecule has 2 rings (SSSR count). The number of carbonyl (C=O) groups is 1. The summed E-state index contributed by atoms with van der Waals surface area (Å²) in [5.41, 5.74) is 2.23. The summed E-state index contributed by atoms with van der Waals surface area (Å²) in [5.74, 6) is -0.769. The first-order valence-corrected chi connectivity index (χ1v) is 7.03. The van der Waals surface area contributed by atoms with Crippen LogP contribution in [0, 0.1) is 6.92 Å². The van der Waals surface area contributed by atoms with E-state index in [9.17, 15) is 9.90 Å². The molecule has 2 nitrogen and oxygen atoms in total. The number of carboxylic acids is 1. The lowest BCUT2D eigenvalue weighted by molar-refractivity contribution is -0.136. The number of hydrogen-bond donors (Lipinski definition) is 1. The van der Waals surface area contributed by atoms with E-state index in [0.29, 0.717) is 6.42 Å². The van der Waals surface area contributed by atoms with Crippen LogP contribution in [0.25, 0.3) is 0 Å². The fourth-order valence-electron chi connectivity index (χ4n) is 1.79. The maximum absolute atomic E-state index is 11.4. The van der Waals surface area contributed by atoms with Crippen LogP contribution in [-0.2, 0) is 11.2 Å². The number of carboxylic acid groups (broad SMARTS) is 1. The predicted octanol–water partition coefficient (Wildman–Crippen LogP) is 3.78. The van der Waals surface area contributed by atoms with Crippen LogP contribution < -0.4 is 0 Å². The van der Waals surface area contributed by atoms with Gasteiger partial charge in [0.05, 0.1) is 0 Å². The molecule has 0 heterocycles. The van der Waals surface area contributed by atoms with Crippen molar-refractivity contribution in [3.63, 3.8) is 0 Å². The highest BCUT2D eigenvalue weighted by Crippen LogP contribution is 2.26. The minimum Gasteiger partial charge on any atom is -0.480 e. The average Bonchev–Trinajstić information content (AvgIpc) is 2.41. The second-order valence-corrected chi connectivity index (χ2v) is 5.72. The summed E-state index contributed by atoms with van der Waals surface area (Å²) in [6, 6.07) is 17.7. The van der Waals surface area contributed by atoms with Crippen molar-refractivity contribution in [1.29, 1.82) is 0 Å². The van der Waals surface area contributed by atoms with Crippen LogP contribution in [0.15, 0.2) is 59.5 Å². The first kappa shape index (κ1) is 13.7. The van der Waals surface area contributed by atoms with Gasteiger partial charge in [0.25, 0.3) is 0 Å². The van der Waals surface area contributed by atoms with Crippen molar-refractivity contribution in [1.82, 2.24) is 0 Å². The number of rotatable bonds is 5. The van der Waals surface area contributed by atoms with Gasteiger partial charge in [-0.25, -0.2) is 0 Å². The van der Waals surface area contributed by atoms with Crippen molar-refractivity contribution >= 4 is 17.7 Å². The van der Waals surface area contributed by atoms with Crippen molar-refractivity contribution in [2.45, 2.75) is 23.5 Å². The van der Waals surface area contributed by atoms with Crippen LogP contribution in [0.1, 0.15) is 11.1 Å². The van der Waals surface area contributed by atoms with E-state index in [-0.39, 0.29) is 0 Å². The van der Waals surface area contributed by atoms with Gasteiger partial charge in [-0.2, -0.15) is 0 Å². The third-order valence-corrected chi connectivity index (χ3v) is 4.04. The van der Waals surface area contributed by atoms with E-state index in [1.54, 1.807) is 0 Å². The molecule has 1 N–H and O–H groups in total. The molecule has 0 spiro atoms. The molecule has 3 heteroatoms. The zero-order valence-corrected chi connectivity index (χ0v) is 11.6. The molecule has 0 unspecified atom stereocenters. The highest BCUT2D eigenvalue weighted by atomic mass is 32.2. The van der Waals surface area contributed by atoms with Crippen molar-refractivity contribution in [3.05, 3.63) is 65.7 Å². The smallest absolute Gasteiger partial charge is 0.317 e. The Morgan fingerprint density at radius 2 is 1.74 bits per heavy atom. The minimum atomic E-state index is -0.769. The molecule has 0 aliphatic rings. The maximum atomic E-state index is 11.4. The summed E-state index contributed by atoms with van der Waals surface area (Å²) in [7, 11) is 0. The van der Waals surface area contributed by atoms with Gasteiger partial charge in [0, 0.05) is 4.90 Å². The Kier molecular flexibility index (Phi) is 4.63. The van der Waals surface area contributed by atoms with E-state index >= 15 is 0 Å². The van der Waals surface area contributed by atoms with Crippen molar-refractivity contribution in [2.75, 3.05) is 0 Å². The Balaban J connectivity index is 2.08. The zero-order chi connectivity index (χ0) is 13.7. The first-order chi connectivity index (χ1) is 9.15. The number of hydrogen-bond acceptors (Lipinski definition) is 2. The lowest BCUT2D eigenvalue weighted by atomic mass is 10.1. The van der Waals surface area contributed by atoms with Crippen LogP contribution >= 0.6 is 11.8 Å². The lowest BCUT2D eigenvalue weighted by Gasteiger charge is -2.12. The Bertz CT molecular complexity index is 534. The minimum absolute atomic E-state index is 0.454. The summed E-state index contributed by atoms with van der Waals surface area (Å²) in [6.45, 7) is 2.02. The number of benzene rings is 2. The summed E-state index contributed by atoms with van der Waals surface area (Å²) in [6.07, 6.45) is 0.536. The molecule has 0 aromatic heterocycles. The van der Waals surface area contributed by atoms with Gasteiger partial charge < -0.3 is 5.11 Å². The first-order valence-electron chi connectivity index (χ1n) is 6.15. The average molecular weight is 272 g/mol. The van der Waals surface area contributed by atoms with E-state index in [4.69, 9.17) is 0 Å². The Morgan fingerprint density at radius 3 is 2.32 bits per heavy atom. The molecular formula is C16H16O2S. The second kappa shape index (κ2) is 6.43. The monoisotopic (exact) mass is 272 g/mol. The van der Waals surface area contributed by atoms with Crippen LogP contribution in [0.2, 0.25) is 0 Å². The van der Waals surface area contributed by atoms with Gasteiger partial charge in [-0.05, 0) is 31.0 Å². The molecule has 2 aromatic carbocycles. The molecule has 0 saturated heterocycles. The Labute approximate surface area is 117 Å². The van der Waals surface area contributed by atoms with Gasteiger partial charge in [-0.1, -0.05) is 48.0 Å². The topological polar surface area (TPSA) is 37.3 Å². The van der Waals surface area contributed by atoms with E-state index in [1.807, 2.05) is 61.5 Å². The molecule has 98 valence electrons. The summed E-state index contributed by atoms with van der Waals surface area (Å²) < 4.78 is 0. The summed E-state index contributed by atoms with van der Waals surface area (Å²) in [4.78, 5) is 12.3. The summed E-state index contributed by atoms with van der Waals surface area (Å²) in [5, 5.41) is 8.88. The van der Waals surface area contributed by atoms with Crippen LogP contribution in [0.3, 0.4) is 0 Å². The molecule has 0 saturated carbocycles. The van der Waals surface area contributed by atoms with Gasteiger partial charge in [0.15, 0.2) is 0 Å². The fraction of sp³-hybridized carbons (Fsp3) is 0.188. The predicted molar refractivity (Wildman–Crippen MR) is 78.6 cm³/mol. The highest BCUT2D eigenvalue weighted by Gasteiger charge is 2.19. The zero-order valence-electron chi connectivity index (χ0n) is 10.7. The number of aryl methyl sites for hydroxylation is 1. The molecule has 2 aromatic rings. The molecule has 1 atom stereocenters. The van der Waals surface area contributed by atoms with Crippen LogP contribution in [0.5, 0.6) is 0 Å². The van der Waals surface area contributed by atoms with Gasteiger partial charge in [0.1, 0.15) is 5.25 Å². The molecular weight excluding hydrogens is 256 g/mol. The Morgan fingerprint density at radius 1 is 1.11 bits per heavy atom. The van der Waals surface area contributed by atoms with Crippen LogP contribution in [-0.4, -0.2) is 16.3 Å². The normalized spacial score (nSPS) is 12.1. The van der Waals surface area contributed by atoms with Gasteiger partial charge >= 0.3 is 5.97 Å². The van der Waals surface area contributed by atoms with Crippen molar-refractivity contribution in [2.24, 2.45) is 0 Å². The van der Waals surface area contributed by atoms with Crippen molar-refractivity contribution < 1.29 is 9.90 Å². The molecule has 0 bridgehead atoms. The van der Waals surface area contributed by atoms with Crippen LogP contribution in [0.4, 0.5) is 0 Å². The standard InChI is InChI=1S/C16H16O2S/c1-12-7-9-14(10-8-12)19-15(16(17)18)11-13-5-3-2-4-6-13/h2-10,15H,11H2,1H3,(H,17,18)/t15-/m0/s1. The molecule has 19 heavy (non-hydrogen) atoms. The largest absolute Gasteiger partial charge is 0.480 e. The van der Waals surface area contributed by atoms with E-state index in [1.165, 1.54) is 17.3 Å². The van der Waals surface area contributed by atoms with E-state index < -0.39 is 11.2 Å². The SMILES string of the molecule is Cc1ccc(S[C@@H](Cc2ccccc2)C(=O)O)cc1. The highest BCUT2D eigenvalue weighted by molar-refractivity contribution is 8.00. The quantitative estimate of drug-likeness (QED) is 0.842. The second-order valence-electron chi connectivity index (χ2n) is 4.45. The molecule has 0 radical (unpaired) electrons. The number of thioether (sulfide) groups is 1. The maximum Gasteiger partial charge on any atom is 0.317 e. The van der Waals surface area contributed by atoms with Gasteiger partial charge in [-0.3, -0.25) is 4.79 Å². The molecule has 0 aliphatic heterocycles.